The van der Waals surface area contributed by atoms with Crippen molar-refractivity contribution in [1.82, 2.24) is 18.3 Å². The van der Waals surface area contributed by atoms with Crippen molar-refractivity contribution in [2.75, 3.05) is 13.2 Å². The molecule has 12 rings (SSSR count). The second-order valence-electron chi connectivity index (χ2n) is 17.1. The molecule has 0 saturated carbocycles. The van der Waals surface area contributed by atoms with Gasteiger partial charge in [-0.15, -0.1) is 0 Å². The molecule has 7 heteroatoms. The quantitative estimate of drug-likeness (QED) is 0.119. The van der Waals surface area contributed by atoms with Gasteiger partial charge in [0.05, 0.1) is 57.7 Å². The Morgan fingerprint density at radius 3 is 0.781 bits per heavy atom. The first-order valence-corrected chi connectivity index (χ1v) is 22.4. The molecule has 4 heterocycles. The number of hydrogen-bond donors (Lipinski definition) is 1. The van der Waals surface area contributed by atoms with E-state index < -0.39 is 6.10 Å². The first-order valence-electron chi connectivity index (χ1n) is 22.4. The molecule has 8 aromatic carbocycles. The highest BCUT2D eigenvalue weighted by Crippen LogP contribution is 2.34. The number of ether oxygens (including phenoxy) is 2. The van der Waals surface area contributed by atoms with E-state index in [1.165, 1.54) is 65.2 Å². The smallest absolute Gasteiger partial charge is 0.0988 e. The monoisotopic (exact) mass is 836 g/mol. The fraction of sp³-hybridized carbons (Fsp3) is 0.158. The summed E-state index contributed by atoms with van der Waals surface area (Å²) in [6.07, 6.45) is -1.39. The molecule has 0 spiro atoms. The van der Waals surface area contributed by atoms with Crippen molar-refractivity contribution in [3.63, 3.8) is 0 Å². The van der Waals surface area contributed by atoms with Crippen LogP contribution in [0.4, 0.5) is 0 Å². The Labute approximate surface area is 370 Å². The minimum absolute atomic E-state index is 0.149. The molecule has 4 aromatic heterocycles. The first-order chi connectivity index (χ1) is 31.7. The molecule has 0 aliphatic heterocycles. The molecule has 0 amide bonds. The maximum Gasteiger partial charge on any atom is 0.0988 e. The average molecular weight is 837 g/mol. The third kappa shape index (κ3) is 6.63. The van der Waals surface area contributed by atoms with Gasteiger partial charge in [0.2, 0.25) is 0 Å². The molecule has 0 radical (unpaired) electrons. The minimum Gasteiger partial charge on any atom is -0.389 e. The lowest BCUT2D eigenvalue weighted by Gasteiger charge is -2.26. The number of hydrogen-bond acceptors (Lipinski definition) is 3. The molecule has 12 aromatic rings. The predicted octanol–water partition coefficient (Wildman–Crippen LogP) is 12.4. The van der Waals surface area contributed by atoms with Gasteiger partial charge in [0, 0.05) is 87.2 Å². The van der Waals surface area contributed by atoms with Crippen molar-refractivity contribution in [2.24, 2.45) is 0 Å². The zero-order valence-corrected chi connectivity index (χ0v) is 35.5. The molecular formula is C57H48N4O3. The molecule has 0 fully saturated rings. The number of aliphatic hydroxyl groups excluding tert-OH is 1. The SMILES string of the molecule is OC(COC(COC(Cn1c2ccccc2c2ccccc21)Cn1c2ccccc2c2ccccc21)Cn1c2ccccc2c2ccccc21)Cn1c2ccccc2c2ccccc21. The van der Waals surface area contributed by atoms with E-state index in [1.54, 1.807) is 0 Å². The van der Waals surface area contributed by atoms with Crippen LogP contribution in [-0.4, -0.2) is 54.9 Å². The van der Waals surface area contributed by atoms with Crippen LogP contribution in [0.5, 0.6) is 0 Å². The molecule has 2 atom stereocenters. The first kappa shape index (κ1) is 38.5. The highest BCUT2D eigenvalue weighted by Gasteiger charge is 2.24. The number of aliphatic hydroxyl groups is 1. The third-order valence-corrected chi connectivity index (χ3v) is 13.3. The second-order valence-corrected chi connectivity index (χ2v) is 17.1. The zero-order valence-electron chi connectivity index (χ0n) is 35.5. The molecule has 64 heavy (non-hydrogen) atoms. The number of fused-ring (bicyclic) bond motifs is 12. The average Bonchev–Trinajstić information content (AvgIpc) is 4.05. The Bertz CT molecular complexity index is 3320. The maximum absolute atomic E-state index is 11.9. The van der Waals surface area contributed by atoms with Crippen LogP contribution >= 0.6 is 0 Å². The van der Waals surface area contributed by atoms with Gasteiger partial charge < -0.3 is 32.8 Å². The largest absolute Gasteiger partial charge is 0.389 e. The molecular weight excluding hydrogens is 789 g/mol. The van der Waals surface area contributed by atoms with Gasteiger partial charge in [-0.25, -0.2) is 0 Å². The van der Waals surface area contributed by atoms with Crippen LogP contribution in [0, 0.1) is 0 Å². The number of benzene rings is 8. The molecule has 1 N–H and O–H groups in total. The van der Waals surface area contributed by atoms with E-state index in [9.17, 15) is 5.11 Å². The van der Waals surface area contributed by atoms with E-state index in [4.69, 9.17) is 9.47 Å². The van der Waals surface area contributed by atoms with Gasteiger partial charge in [0.25, 0.3) is 0 Å². The lowest BCUT2D eigenvalue weighted by atomic mass is 10.2. The van der Waals surface area contributed by atoms with Gasteiger partial charge >= 0.3 is 0 Å². The van der Waals surface area contributed by atoms with Gasteiger partial charge in [0.1, 0.15) is 0 Å². The third-order valence-electron chi connectivity index (χ3n) is 13.3. The summed E-state index contributed by atoms with van der Waals surface area (Å²) < 4.78 is 23.7. The summed E-state index contributed by atoms with van der Waals surface area (Å²) in [6, 6.07) is 68.8. The summed E-state index contributed by atoms with van der Waals surface area (Å²) in [5.41, 5.74) is 9.25. The highest BCUT2D eigenvalue weighted by molar-refractivity contribution is 6.10. The van der Waals surface area contributed by atoms with Crippen molar-refractivity contribution in [3.05, 3.63) is 194 Å². The Balaban J connectivity index is 0.916. The fourth-order valence-electron chi connectivity index (χ4n) is 10.5. The second kappa shape index (κ2) is 16.2. The minimum atomic E-state index is -0.758. The van der Waals surface area contributed by atoms with Crippen LogP contribution < -0.4 is 0 Å². The standard InChI is InChI=1S/C57H48N4O3/c62-39(33-58-50-25-9-1-17-42(50)43-18-2-10-26-51(43)58)37-63-41(36-61-56-31-15-7-23-48(56)49-24-8-16-32-57(49)61)38-64-40(34-59-52-27-11-3-19-44(52)45-20-4-12-28-53(45)59)35-60-54-29-13-5-21-46(54)47-22-6-14-30-55(47)60/h1-32,39-41,62H,33-38H2. The summed E-state index contributed by atoms with van der Waals surface area (Å²) in [5.74, 6) is 0. The van der Waals surface area contributed by atoms with E-state index in [2.05, 4.69) is 212 Å². The number of aromatic nitrogens is 4. The van der Waals surface area contributed by atoms with Crippen LogP contribution in [0.1, 0.15) is 0 Å². The topological polar surface area (TPSA) is 58.4 Å². The van der Waals surface area contributed by atoms with Crippen LogP contribution in [0.25, 0.3) is 87.2 Å². The Hall–Kier alpha value is -7.16. The molecule has 0 bridgehead atoms. The van der Waals surface area contributed by atoms with Gasteiger partial charge in [-0.3, -0.25) is 0 Å². The van der Waals surface area contributed by atoms with Gasteiger partial charge in [-0.05, 0) is 48.5 Å². The number of para-hydroxylation sites is 8. The van der Waals surface area contributed by atoms with Crippen LogP contribution in [-0.2, 0) is 35.7 Å². The lowest BCUT2D eigenvalue weighted by Crippen LogP contribution is -2.34. The van der Waals surface area contributed by atoms with E-state index in [0.717, 1.165) is 22.1 Å². The van der Waals surface area contributed by atoms with E-state index >= 15 is 0 Å². The Morgan fingerprint density at radius 2 is 0.500 bits per heavy atom. The van der Waals surface area contributed by atoms with Crippen LogP contribution in [0.2, 0.25) is 0 Å². The van der Waals surface area contributed by atoms with Crippen molar-refractivity contribution in [2.45, 2.75) is 44.5 Å². The molecule has 7 nitrogen and oxygen atoms in total. The van der Waals surface area contributed by atoms with Crippen LogP contribution in [0.3, 0.4) is 0 Å². The normalized spacial score (nSPS) is 13.3. The predicted molar refractivity (Wildman–Crippen MR) is 263 cm³/mol. The summed E-state index contributed by atoms with van der Waals surface area (Å²) >= 11 is 0. The van der Waals surface area contributed by atoms with Gasteiger partial charge in [-0.1, -0.05) is 146 Å². The van der Waals surface area contributed by atoms with Gasteiger partial charge in [-0.2, -0.15) is 0 Å². The zero-order chi connectivity index (χ0) is 42.6. The number of nitrogens with zero attached hydrogens (tertiary/aromatic N) is 4. The maximum atomic E-state index is 11.9. The van der Waals surface area contributed by atoms with Crippen molar-refractivity contribution in [1.29, 1.82) is 0 Å². The van der Waals surface area contributed by atoms with Crippen molar-refractivity contribution in [3.8, 4) is 0 Å². The van der Waals surface area contributed by atoms with Crippen LogP contribution in [0.15, 0.2) is 194 Å². The molecule has 2 unspecified atom stereocenters. The molecule has 0 aliphatic carbocycles. The lowest BCUT2D eigenvalue weighted by molar-refractivity contribution is -0.0779. The van der Waals surface area contributed by atoms with Gasteiger partial charge in [0.15, 0.2) is 0 Å². The molecule has 0 aliphatic rings. The summed E-state index contributed by atoms with van der Waals surface area (Å²) in [4.78, 5) is 0. The summed E-state index contributed by atoms with van der Waals surface area (Å²) in [6.45, 7) is 2.69. The van der Waals surface area contributed by atoms with E-state index in [0.29, 0.717) is 32.8 Å². The highest BCUT2D eigenvalue weighted by atomic mass is 16.5. The van der Waals surface area contributed by atoms with E-state index in [1.807, 2.05) is 0 Å². The summed E-state index contributed by atoms with van der Waals surface area (Å²) in [7, 11) is 0. The summed E-state index contributed by atoms with van der Waals surface area (Å²) in [5, 5.41) is 21.6. The number of rotatable bonds is 14. The fourth-order valence-corrected chi connectivity index (χ4v) is 10.5. The van der Waals surface area contributed by atoms with Crippen molar-refractivity contribution >= 4 is 87.2 Å². The Kier molecular flexibility index (Phi) is 9.74. The molecule has 314 valence electrons. The van der Waals surface area contributed by atoms with Crippen molar-refractivity contribution < 1.29 is 14.6 Å². The molecule has 0 saturated heterocycles. The van der Waals surface area contributed by atoms with E-state index in [-0.39, 0.29) is 18.8 Å². The Morgan fingerprint density at radius 1 is 0.281 bits per heavy atom.